The van der Waals surface area contributed by atoms with E-state index in [1.807, 2.05) is 79.8 Å². The molecule has 0 aliphatic rings. The number of hydrogen-bond donors (Lipinski definition) is 0. The topological polar surface area (TPSA) is 65.6 Å². The van der Waals surface area contributed by atoms with Gasteiger partial charge in [-0.25, -0.2) is 19.7 Å². The van der Waals surface area contributed by atoms with Crippen LogP contribution in [0.2, 0.25) is 0 Å². The third-order valence-electron chi connectivity index (χ3n) is 8.88. The van der Waals surface area contributed by atoms with Gasteiger partial charge in [0, 0.05) is 36.3 Å². The molecule has 0 atom stereocenters. The van der Waals surface area contributed by atoms with Crippen LogP contribution in [0.25, 0.3) is 78.6 Å². The highest BCUT2D eigenvalue weighted by Gasteiger charge is 2.17. The lowest BCUT2D eigenvalue weighted by Gasteiger charge is -2.12. The van der Waals surface area contributed by atoms with Crippen LogP contribution in [0.5, 0.6) is 0 Å². The quantitative estimate of drug-likeness (QED) is 0.186. The second-order valence-electron chi connectivity index (χ2n) is 11.8. The lowest BCUT2D eigenvalue weighted by molar-refractivity contribution is 0.795. The number of imidazole rings is 1. The average molecular weight is 622 g/mol. The minimum absolute atomic E-state index is 0.0492. The molecule has 230 valence electrons. The molecule has 6 heteroatoms. The lowest BCUT2D eigenvalue weighted by Crippen LogP contribution is -2.19. The predicted octanol–water partition coefficient (Wildman–Crippen LogP) is 9.06. The summed E-state index contributed by atoms with van der Waals surface area (Å²) in [6, 6.07) is 51.5. The number of rotatable bonds is 6. The summed E-state index contributed by atoms with van der Waals surface area (Å²) < 4.78 is 3.39. The van der Waals surface area contributed by atoms with E-state index in [0.29, 0.717) is 17.5 Å². The van der Waals surface area contributed by atoms with E-state index in [2.05, 4.69) is 78.9 Å². The van der Waals surface area contributed by atoms with E-state index in [1.54, 1.807) is 16.2 Å². The van der Waals surface area contributed by atoms with Crippen molar-refractivity contribution in [1.29, 1.82) is 0 Å². The molecule has 0 saturated carbocycles. The van der Waals surface area contributed by atoms with E-state index in [9.17, 15) is 4.79 Å². The van der Waals surface area contributed by atoms with Crippen LogP contribution in [0, 0.1) is 0 Å². The molecule has 0 fully saturated rings. The molecular weight excluding hydrogens is 590 g/mol. The van der Waals surface area contributed by atoms with Crippen LogP contribution in [0.1, 0.15) is 0 Å². The summed E-state index contributed by atoms with van der Waals surface area (Å²) in [6.07, 6.45) is 0. The van der Waals surface area contributed by atoms with Gasteiger partial charge in [-0.1, -0.05) is 146 Å². The summed E-state index contributed by atoms with van der Waals surface area (Å²) in [4.78, 5) is 27.8. The van der Waals surface area contributed by atoms with E-state index in [0.717, 1.165) is 61.1 Å². The fourth-order valence-electron chi connectivity index (χ4n) is 6.35. The third kappa shape index (κ3) is 5.19. The lowest BCUT2D eigenvalue weighted by atomic mass is 9.99. The van der Waals surface area contributed by atoms with Crippen molar-refractivity contribution >= 4 is 11.0 Å². The van der Waals surface area contributed by atoms with E-state index in [4.69, 9.17) is 15.0 Å². The van der Waals surface area contributed by atoms with Crippen molar-refractivity contribution in [2.24, 2.45) is 14.1 Å². The van der Waals surface area contributed by atoms with Crippen LogP contribution < -0.4 is 5.69 Å². The predicted molar refractivity (Wildman–Crippen MR) is 194 cm³/mol. The smallest absolute Gasteiger partial charge is 0.295 e. The highest BCUT2D eigenvalue weighted by molar-refractivity contribution is 5.93. The SMILES string of the molecule is Cn1c(=O)n(C)c2c(-c3ccc(-c4nc(-c5ccc(-c6ccccc6)cc5)nc(-c5ccccc5-c5ccccc5)n4)cc3)cccc21. The van der Waals surface area contributed by atoms with Gasteiger partial charge in [0.1, 0.15) is 0 Å². The Morgan fingerprint density at radius 1 is 0.375 bits per heavy atom. The summed E-state index contributed by atoms with van der Waals surface area (Å²) in [6.45, 7) is 0. The summed E-state index contributed by atoms with van der Waals surface area (Å²) in [5.41, 5.74) is 10.9. The Balaban J connectivity index is 1.25. The van der Waals surface area contributed by atoms with Crippen LogP contribution in [-0.4, -0.2) is 24.1 Å². The minimum atomic E-state index is -0.0492. The molecule has 0 spiro atoms. The normalized spacial score (nSPS) is 11.2. The van der Waals surface area contributed by atoms with E-state index in [1.165, 1.54) is 0 Å². The molecule has 0 bridgehead atoms. The molecule has 6 nitrogen and oxygen atoms in total. The van der Waals surface area contributed by atoms with Crippen molar-refractivity contribution in [3.05, 3.63) is 162 Å². The molecule has 8 aromatic rings. The number of aryl methyl sites for hydroxylation is 2. The molecule has 0 aliphatic carbocycles. The molecule has 0 N–H and O–H groups in total. The van der Waals surface area contributed by atoms with E-state index >= 15 is 0 Å². The van der Waals surface area contributed by atoms with Gasteiger partial charge in [0.15, 0.2) is 17.5 Å². The van der Waals surface area contributed by atoms with Gasteiger partial charge in [0.05, 0.1) is 11.0 Å². The maximum atomic E-state index is 12.7. The minimum Gasteiger partial charge on any atom is -0.295 e. The Hall–Kier alpha value is -6.40. The molecule has 2 heterocycles. The van der Waals surface area contributed by atoms with Crippen LogP contribution in [0.15, 0.2) is 156 Å². The second kappa shape index (κ2) is 12.1. The molecule has 0 aliphatic heterocycles. The zero-order valence-corrected chi connectivity index (χ0v) is 26.6. The molecule has 0 saturated heterocycles. The first kappa shape index (κ1) is 29.0. The fraction of sp³-hybridized carbons (Fsp3) is 0.0476. The fourth-order valence-corrected chi connectivity index (χ4v) is 6.35. The number of aromatic nitrogens is 5. The molecule has 0 amide bonds. The van der Waals surface area contributed by atoms with Crippen molar-refractivity contribution < 1.29 is 0 Å². The highest BCUT2D eigenvalue weighted by atomic mass is 16.1. The standard InChI is InChI=1S/C42H31N5O/c1-46-37-19-11-18-35(38(37)47(2)42(46)48)31-22-26-33(27-23-31)40-43-39(32-24-20-29(21-25-32)28-12-5-3-6-13-28)44-41(45-40)36-17-10-9-16-34(36)30-14-7-4-8-15-30/h3-27H,1-2H3. The molecule has 6 aromatic carbocycles. The van der Waals surface area contributed by atoms with Crippen molar-refractivity contribution in [1.82, 2.24) is 24.1 Å². The average Bonchev–Trinajstić information content (AvgIpc) is 3.39. The van der Waals surface area contributed by atoms with Gasteiger partial charge in [0.25, 0.3) is 0 Å². The monoisotopic (exact) mass is 621 g/mol. The number of para-hydroxylation sites is 1. The van der Waals surface area contributed by atoms with E-state index in [-0.39, 0.29) is 5.69 Å². The van der Waals surface area contributed by atoms with Crippen molar-refractivity contribution in [3.8, 4) is 67.5 Å². The highest BCUT2D eigenvalue weighted by Crippen LogP contribution is 2.34. The Morgan fingerprint density at radius 3 is 1.44 bits per heavy atom. The molecule has 8 rings (SSSR count). The Kier molecular flexibility index (Phi) is 7.31. The number of nitrogens with zero attached hydrogens (tertiary/aromatic N) is 5. The van der Waals surface area contributed by atoms with Gasteiger partial charge >= 0.3 is 5.69 Å². The van der Waals surface area contributed by atoms with E-state index < -0.39 is 0 Å². The zero-order valence-electron chi connectivity index (χ0n) is 26.6. The first-order chi connectivity index (χ1) is 23.5. The first-order valence-electron chi connectivity index (χ1n) is 15.9. The molecule has 2 aromatic heterocycles. The third-order valence-corrected chi connectivity index (χ3v) is 8.88. The number of hydrogen-bond acceptors (Lipinski definition) is 4. The summed E-state index contributed by atoms with van der Waals surface area (Å²) in [5, 5.41) is 0. The maximum absolute atomic E-state index is 12.7. The summed E-state index contributed by atoms with van der Waals surface area (Å²) in [7, 11) is 3.62. The van der Waals surface area contributed by atoms with Crippen molar-refractivity contribution in [2.75, 3.05) is 0 Å². The van der Waals surface area contributed by atoms with Gasteiger partial charge in [-0.15, -0.1) is 0 Å². The Bertz CT molecular complexity index is 2460. The summed E-state index contributed by atoms with van der Waals surface area (Å²) in [5.74, 6) is 1.79. The largest absolute Gasteiger partial charge is 0.328 e. The Morgan fingerprint density at radius 2 is 0.812 bits per heavy atom. The van der Waals surface area contributed by atoms with Crippen LogP contribution in [0.4, 0.5) is 0 Å². The van der Waals surface area contributed by atoms with Gasteiger partial charge in [-0.05, 0) is 33.9 Å². The van der Waals surface area contributed by atoms with Crippen molar-refractivity contribution in [2.45, 2.75) is 0 Å². The second-order valence-corrected chi connectivity index (χ2v) is 11.8. The molecule has 0 unspecified atom stereocenters. The van der Waals surface area contributed by atoms with Gasteiger partial charge in [-0.3, -0.25) is 9.13 Å². The zero-order chi connectivity index (χ0) is 32.6. The Labute approximate surface area is 278 Å². The van der Waals surface area contributed by atoms with Crippen LogP contribution in [-0.2, 0) is 14.1 Å². The maximum Gasteiger partial charge on any atom is 0.328 e. The van der Waals surface area contributed by atoms with Gasteiger partial charge in [-0.2, -0.15) is 0 Å². The van der Waals surface area contributed by atoms with Crippen molar-refractivity contribution in [3.63, 3.8) is 0 Å². The first-order valence-corrected chi connectivity index (χ1v) is 15.9. The molecule has 0 radical (unpaired) electrons. The number of fused-ring (bicyclic) bond motifs is 1. The van der Waals surface area contributed by atoms with Gasteiger partial charge < -0.3 is 0 Å². The summed E-state index contributed by atoms with van der Waals surface area (Å²) >= 11 is 0. The van der Waals surface area contributed by atoms with Crippen LogP contribution in [0.3, 0.4) is 0 Å². The molecule has 48 heavy (non-hydrogen) atoms. The van der Waals surface area contributed by atoms with Gasteiger partial charge in [0.2, 0.25) is 0 Å². The van der Waals surface area contributed by atoms with Crippen LogP contribution >= 0.6 is 0 Å². The number of benzene rings is 6. The molecular formula is C42H31N5O.